The van der Waals surface area contributed by atoms with Crippen LogP contribution in [-0.2, 0) is 6.42 Å². The Morgan fingerprint density at radius 1 is 1.22 bits per heavy atom. The van der Waals surface area contributed by atoms with Crippen LogP contribution in [0.1, 0.15) is 54.3 Å². The molecule has 0 amide bonds. The maximum atomic E-state index is 12.8. The van der Waals surface area contributed by atoms with Gasteiger partial charge in [0.05, 0.1) is 19.1 Å². The summed E-state index contributed by atoms with van der Waals surface area (Å²) < 4.78 is 11.4. The van der Waals surface area contributed by atoms with Crippen LogP contribution in [0.2, 0.25) is 0 Å². The maximum Gasteiger partial charge on any atom is 0.174 e. The molecule has 0 fully saturated rings. The van der Waals surface area contributed by atoms with Crippen molar-refractivity contribution < 1.29 is 29.6 Å². The van der Waals surface area contributed by atoms with E-state index in [9.17, 15) is 20.1 Å². The lowest BCUT2D eigenvalue weighted by Crippen LogP contribution is -2.23. The normalized spacial score (nSPS) is 16.6. The third kappa shape index (κ3) is 4.01. The van der Waals surface area contributed by atoms with Gasteiger partial charge in [-0.1, -0.05) is 12.1 Å². The number of hydrogen-bond donors (Lipinski definition) is 3. The van der Waals surface area contributed by atoms with E-state index in [1.165, 1.54) is 25.3 Å². The Morgan fingerprint density at radius 3 is 2.48 bits per heavy atom. The number of fused-ring (bicyclic) bond motifs is 1. The number of ketones is 1. The number of methoxy groups -OCH3 is 1. The van der Waals surface area contributed by atoms with Crippen molar-refractivity contribution in [1.29, 1.82) is 0 Å². The third-order valence-electron chi connectivity index (χ3n) is 4.71. The fourth-order valence-electron chi connectivity index (χ4n) is 3.22. The Morgan fingerprint density at radius 2 is 1.89 bits per heavy atom. The molecule has 0 bridgehead atoms. The summed E-state index contributed by atoms with van der Waals surface area (Å²) in [6.07, 6.45) is 0.333. The van der Waals surface area contributed by atoms with Gasteiger partial charge in [0.1, 0.15) is 34.7 Å². The number of rotatable bonds is 5. The SMILES string of the molecule is COc1cc(O)c(CCC(C)(C)O)c2c1C(=O)CC(c1ccc(O)cc1)O2. The first-order valence-corrected chi connectivity index (χ1v) is 8.83. The second-order valence-electron chi connectivity index (χ2n) is 7.42. The van der Waals surface area contributed by atoms with Crippen LogP contribution in [0.25, 0.3) is 0 Å². The molecule has 0 saturated carbocycles. The molecular weight excluding hydrogens is 348 g/mol. The molecule has 3 rings (SSSR count). The Kier molecular flexibility index (Phi) is 5.02. The fourth-order valence-corrected chi connectivity index (χ4v) is 3.22. The van der Waals surface area contributed by atoms with Crippen molar-refractivity contribution in [3.05, 3.63) is 47.0 Å². The average molecular weight is 372 g/mol. The van der Waals surface area contributed by atoms with Crippen LogP contribution < -0.4 is 9.47 Å². The molecule has 3 N–H and O–H groups in total. The molecule has 27 heavy (non-hydrogen) atoms. The second kappa shape index (κ2) is 7.12. The van der Waals surface area contributed by atoms with Crippen LogP contribution in [-0.4, -0.2) is 33.8 Å². The molecule has 0 aromatic heterocycles. The third-order valence-corrected chi connectivity index (χ3v) is 4.71. The summed E-state index contributed by atoms with van der Waals surface area (Å²) in [5, 5.41) is 30.0. The number of aromatic hydroxyl groups is 2. The number of aliphatic hydroxyl groups is 1. The first-order chi connectivity index (χ1) is 12.7. The highest BCUT2D eigenvalue weighted by Gasteiger charge is 2.34. The Labute approximate surface area is 158 Å². The minimum absolute atomic E-state index is 0.0333. The van der Waals surface area contributed by atoms with E-state index >= 15 is 0 Å². The molecule has 1 aliphatic rings. The molecule has 1 unspecified atom stereocenters. The Bertz CT molecular complexity index is 848. The summed E-state index contributed by atoms with van der Waals surface area (Å²) in [5.74, 6) is 0.519. The number of carbonyl (C=O) groups excluding carboxylic acids is 1. The van der Waals surface area contributed by atoms with Gasteiger partial charge in [-0.05, 0) is 44.4 Å². The van der Waals surface area contributed by atoms with E-state index in [-0.39, 0.29) is 29.5 Å². The van der Waals surface area contributed by atoms with Crippen LogP contribution in [0, 0.1) is 0 Å². The van der Waals surface area contributed by atoms with Crippen LogP contribution in [0.15, 0.2) is 30.3 Å². The molecule has 6 heteroatoms. The van der Waals surface area contributed by atoms with Crippen LogP contribution in [0.3, 0.4) is 0 Å². The highest BCUT2D eigenvalue weighted by atomic mass is 16.5. The summed E-state index contributed by atoms with van der Waals surface area (Å²) in [6, 6.07) is 7.90. The van der Waals surface area contributed by atoms with Crippen molar-refractivity contribution in [2.24, 2.45) is 0 Å². The number of phenols is 2. The average Bonchev–Trinajstić information content (AvgIpc) is 2.59. The van der Waals surface area contributed by atoms with Gasteiger partial charge < -0.3 is 24.8 Å². The Balaban J connectivity index is 2.05. The van der Waals surface area contributed by atoms with E-state index in [0.29, 0.717) is 29.7 Å². The number of ether oxygens (including phenoxy) is 2. The predicted molar refractivity (Wildman–Crippen MR) is 99.7 cm³/mol. The summed E-state index contributed by atoms with van der Waals surface area (Å²) in [5.41, 5.74) is 0.622. The second-order valence-corrected chi connectivity index (χ2v) is 7.42. The number of phenolic OH excluding ortho intramolecular Hbond substituents is 2. The van der Waals surface area contributed by atoms with E-state index in [1.807, 2.05) is 0 Å². The predicted octanol–water partition coefficient (Wildman–Crippen LogP) is 3.52. The first kappa shape index (κ1) is 19.0. The Hall–Kier alpha value is -2.73. The minimum atomic E-state index is -0.922. The quantitative estimate of drug-likeness (QED) is 0.743. The van der Waals surface area contributed by atoms with Crippen molar-refractivity contribution in [1.82, 2.24) is 0 Å². The topological polar surface area (TPSA) is 96.2 Å². The van der Waals surface area contributed by atoms with E-state index in [4.69, 9.17) is 9.47 Å². The molecule has 6 nitrogen and oxygen atoms in total. The van der Waals surface area contributed by atoms with Gasteiger partial charge >= 0.3 is 0 Å². The summed E-state index contributed by atoms with van der Waals surface area (Å²) in [6.45, 7) is 3.37. The van der Waals surface area contributed by atoms with Crippen LogP contribution in [0.4, 0.5) is 0 Å². The largest absolute Gasteiger partial charge is 0.508 e. The minimum Gasteiger partial charge on any atom is -0.508 e. The molecule has 2 aromatic rings. The van der Waals surface area contributed by atoms with Gasteiger partial charge in [-0.2, -0.15) is 0 Å². The van der Waals surface area contributed by atoms with E-state index in [1.54, 1.807) is 26.0 Å². The van der Waals surface area contributed by atoms with Crippen LogP contribution in [0.5, 0.6) is 23.0 Å². The first-order valence-electron chi connectivity index (χ1n) is 8.83. The molecule has 2 aromatic carbocycles. The van der Waals surface area contributed by atoms with Gasteiger partial charge in [-0.3, -0.25) is 4.79 Å². The molecular formula is C21H24O6. The zero-order valence-corrected chi connectivity index (χ0v) is 15.7. The van der Waals surface area contributed by atoms with Crippen molar-refractivity contribution >= 4 is 5.78 Å². The number of benzene rings is 2. The zero-order chi connectivity index (χ0) is 19.8. The molecule has 0 radical (unpaired) electrons. The van der Waals surface area contributed by atoms with Crippen molar-refractivity contribution in [2.75, 3.05) is 7.11 Å². The molecule has 1 heterocycles. The smallest absolute Gasteiger partial charge is 0.174 e. The van der Waals surface area contributed by atoms with Crippen LogP contribution >= 0.6 is 0 Å². The van der Waals surface area contributed by atoms with Gasteiger partial charge in [-0.15, -0.1) is 0 Å². The number of carbonyl (C=O) groups is 1. The van der Waals surface area contributed by atoms with Gasteiger partial charge in [0.2, 0.25) is 0 Å². The monoisotopic (exact) mass is 372 g/mol. The fraction of sp³-hybridized carbons (Fsp3) is 0.381. The number of hydrogen-bond acceptors (Lipinski definition) is 6. The van der Waals surface area contributed by atoms with E-state index in [0.717, 1.165) is 5.56 Å². The summed E-state index contributed by atoms with van der Waals surface area (Å²) in [4.78, 5) is 12.8. The highest BCUT2D eigenvalue weighted by Crippen LogP contribution is 2.46. The lowest BCUT2D eigenvalue weighted by Gasteiger charge is -2.29. The molecule has 1 aliphatic heterocycles. The van der Waals surface area contributed by atoms with Crippen molar-refractivity contribution in [3.63, 3.8) is 0 Å². The summed E-state index contributed by atoms with van der Waals surface area (Å²) in [7, 11) is 1.44. The van der Waals surface area contributed by atoms with Gasteiger partial charge in [0.25, 0.3) is 0 Å². The summed E-state index contributed by atoms with van der Waals surface area (Å²) >= 11 is 0. The van der Waals surface area contributed by atoms with Gasteiger partial charge in [-0.25, -0.2) is 0 Å². The van der Waals surface area contributed by atoms with E-state index < -0.39 is 11.7 Å². The molecule has 1 atom stereocenters. The standard InChI is InChI=1S/C21H24O6/c1-21(2,25)9-8-14-15(23)10-18(26-3)19-16(24)11-17(27-20(14)19)12-4-6-13(22)7-5-12/h4-7,10,17,22-23,25H,8-9,11H2,1-3H3. The molecule has 144 valence electrons. The maximum absolute atomic E-state index is 12.8. The molecule has 0 aliphatic carbocycles. The molecule has 0 spiro atoms. The van der Waals surface area contributed by atoms with Crippen molar-refractivity contribution in [3.8, 4) is 23.0 Å². The van der Waals surface area contributed by atoms with Crippen molar-refractivity contribution in [2.45, 2.75) is 44.8 Å². The highest BCUT2D eigenvalue weighted by molar-refractivity contribution is 6.03. The molecule has 0 saturated heterocycles. The van der Waals surface area contributed by atoms with E-state index in [2.05, 4.69) is 0 Å². The lowest BCUT2D eigenvalue weighted by atomic mass is 9.90. The number of Topliss-reactive ketones (excluding diaryl/α,β-unsaturated/α-hetero) is 1. The lowest BCUT2D eigenvalue weighted by molar-refractivity contribution is 0.0705. The van der Waals surface area contributed by atoms with Gasteiger partial charge in [0, 0.05) is 11.6 Å². The zero-order valence-electron chi connectivity index (χ0n) is 15.7. The van der Waals surface area contributed by atoms with Gasteiger partial charge in [0.15, 0.2) is 5.78 Å².